The Morgan fingerprint density at radius 1 is 1.05 bits per heavy atom. The molecular formula is C31H31N3O3. The number of aromatic nitrogens is 1. The van der Waals surface area contributed by atoms with Gasteiger partial charge in [-0.15, -0.1) is 0 Å². The van der Waals surface area contributed by atoms with E-state index in [2.05, 4.69) is 57.7 Å². The second-order valence-electron chi connectivity index (χ2n) is 9.78. The number of fused-ring (bicyclic) bond motifs is 1. The average molecular weight is 494 g/mol. The number of carbonyl (C=O) groups excluding carboxylic acids is 2. The molecule has 1 N–H and O–H groups in total. The molecule has 5 rings (SSSR count). The van der Waals surface area contributed by atoms with E-state index in [-0.39, 0.29) is 5.91 Å². The number of rotatable bonds is 7. The van der Waals surface area contributed by atoms with E-state index in [1.807, 2.05) is 19.3 Å². The van der Waals surface area contributed by atoms with Crippen molar-refractivity contribution in [1.29, 1.82) is 0 Å². The summed E-state index contributed by atoms with van der Waals surface area (Å²) in [6, 6.07) is 21.3. The van der Waals surface area contributed by atoms with Gasteiger partial charge in [0, 0.05) is 42.1 Å². The molecule has 6 heteroatoms. The highest BCUT2D eigenvalue weighted by Gasteiger charge is 2.23. The van der Waals surface area contributed by atoms with Gasteiger partial charge in [-0.1, -0.05) is 30.3 Å². The van der Waals surface area contributed by atoms with Crippen LogP contribution >= 0.6 is 0 Å². The summed E-state index contributed by atoms with van der Waals surface area (Å²) >= 11 is 0. The average Bonchev–Trinajstić information content (AvgIpc) is 3.37. The van der Waals surface area contributed by atoms with E-state index in [4.69, 9.17) is 4.74 Å². The molecule has 1 saturated heterocycles. The maximum atomic E-state index is 12.8. The number of likely N-dealkylation sites (tertiary alicyclic amines) is 1. The number of nitrogens with zero attached hydrogens (tertiary/aromatic N) is 2. The highest BCUT2D eigenvalue weighted by molar-refractivity contribution is 6.05. The topological polar surface area (TPSA) is 71.5 Å². The van der Waals surface area contributed by atoms with E-state index < -0.39 is 5.97 Å². The molecule has 1 aliphatic heterocycles. The Morgan fingerprint density at radius 3 is 2.68 bits per heavy atom. The number of hydrogen-bond acceptors (Lipinski definition) is 5. The fourth-order valence-corrected chi connectivity index (χ4v) is 5.13. The summed E-state index contributed by atoms with van der Waals surface area (Å²) in [5.41, 5.74) is 5.29. The summed E-state index contributed by atoms with van der Waals surface area (Å²) in [4.78, 5) is 31.2. The van der Waals surface area contributed by atoms with Crippen molar-refractivity contribution in [2.24, 2.45) is 5.92 Å². The minimum Gasteiger partial charge on any atom is -0.465 e. The van der Waals surface area contributed by atoms with E-state index in [0.29, 0.717) is 17.0 Å². The molecule has 1 atom stereocenters. The minimum atomic E-state index is -0.422. The molecule has 1 fully saturated rings. The van der Waals surface area contributed by atoms with Crippen molar-refractivity contribution in [2.75, 3.05) is 25.5 Å². The molecule has 6 nitrogen and oxygen atoms in total. The van der Waals surface area contributed by atoms with Gasteiger partial charge in [0.15, 0.2) is 0 Å². The van der Waals surface area contributed by atoms with Crippen molar-refractivity contribution in [3.8, 4) is 0 Å². The lowest BCUT2D eigenvalue weighted by molar-refractivity contribution is 0.0600. The number of aryl methyl sites for hydroxylation is 1. The van der Waals surface area contributed by atoms with Gasteiger partial charge in [-0.25, -0.2) is 4.79 Å². The third kappa shape index (κ3) is 5.70. The molecule has 0 saturated carbocycles. The molecule has 0 bridgehead atoms. The SMILES string of the molecule is COC(=O)c1ccc(C(=O)Nc2cc(CN3CCC(Cc4cccc5cnccc45)C3)ccc2C)cc1. The first-order valence-electron chi connectivity index (χ1n) is 12.6. The number of benzene rings is 3. The van der Waals surface area contributed by atoms with E-state index in [1.54, 1.807) is 24.3 Å². The zero-order chi connectivity index (χ0) is 25.8. The van der Waals surface area contributed by atoms with Crippen molar-refractivity contribution in [2.45, 2.75) is 26.3 Å². The first-order valence-corrected chi connectivity index (χ1v) is 12.6. The Labute approximate surface area is 217 Å². The number of ether oxygens (including phenoxy) is 1. The normalized spacial score (nSPS) is 15.6. The van der Waals surface area contributed by atoms with Gasteiger partial charge in [-0.05, 0) is 90.7 Å². The smallest absolute Gasteiger partial charge is 0.337 e. The van der Waals surface area contributed by atoms with Crippen LogP contribution in [0, 0.1) is 12.8 Å². The Morgan fingerprint density at radius 2 is 1.86 bits per heavy atom. The molecule has 0 spiro atoms. The predicted octanol–water partition coefficient (Wildman–Crippen LogP) is 5.65. The minimum absolute atomic E-state index is 0.205. The van der Waals surface area contributed by atoms with Crippen LogP contribution in [-0.2, 0) is 17.7 Å². The lowest BCUT2D eigenvalue weighted by atomic mass is 9.95. The highest BCUT2D eigenvalue weighted by Crippen LogP contribution is 2.27. The molecule has 0 radical (unpaired) electrons. The second kappa shape index (κ2) is 10.9. The number of amides is 1. The Kier molecular flexibility index (Phi) is 7.28. The molecule has 1 unspecified atom stereocenters. The molecule has 4 aromatic rings. The first kappa shape index (κ1) is 24.7. The maximum absolute atomic E-state index is 12.8. The van der Waals surface area contributed by atoms with Crippen LogP contribution in [-0.4, -0.2) is 42.0 Å². The van der Waals surface area contributed by atoms with E-state index in [1.165, 1.54) is 35.4 Å². The summed E-state index contributed by atoms with van der Waals surface area (Å²) in [5, 5.41) is 5.53. The summed E-state index contributed by atoms with van der Waals surface area (Å²) in [5.74, 6) is -0.00591. The van der Waals surface area contributed by atoms with Gasteiger partial charge in [-0.3, -0.25) is 14.7 Å². The van der Waals surface area contributed by atoms with Crippen LogP contribution in [0.5, 0.6) is 0 Å². The molecule has 1 amide bonds. The Hall–Kier alpha value is -4.03. The molecule has 1 aromatic heterocycles. The Bertz CT molecular complexity index is 1430. The van der Waals surface area contributed by atoms with Crippen molar-refractivity contribution >= 4 is 28.3 Å². The van der Waals surface area contributed by atoms with Crippen LogP contribution in [0.2, 0.25) is 0 Å². The second-order valence-corrected chi connectivity index (χ2v) is 9.78. The van der Waals surface area contributed by atoms with Crippen molar-refractivity contribution in [1.82, 2.24) is 9.88 Å². The van der Waals surface area contributed by atoms with Crippen LogP contribution in [0.3, 0.4) is 0 Å². The van der Waals surface area contributed by atoms with E-state index in [9.17, 15) is 9.59 Å². The highest BCUT2D eigenvalue weighted by atomic mass is 16.5. The third-order valence-corrected chi connectivity index (χ3v) is 7.17. The number of pyridine rings is 1. The van der Waals surface area contributed by atoms with Crippen LogP contribution in [0.25, 0.3) is 10.8 Å². The first-order chi connectivity index (χ1) is 18.0. The fraction of sp³-hybridized carbons (Fsp3) is 0.258. The number of hydrogen-bond donors (Lipinski definition) is 1. The van der Waals surface area contributed by atoms with E-state index in [0.717, 1.165) is 37.3 Å². The van der Waals surface area contributed by atoms with Gasteiger partial charge in [-0.2, -0.15) is 0 Å². The number of carbonyl (C=O) groups is 2. The zero-order valence-corrected chi connectivity index (χ0v) is 21.2. The van der Waals surface area contributed by atoms with Gasteiger partial charge < -0.3 is 10.1 Å². The molecule has 1 aliphatic rings. The summed E-state index contributed by atoms with van der Waals surface area (Å²) in [7, 11) is 1.34. The third-order valence-electron chi connectivity index (χ3n) is 7.17. The van der Waals surface area contributed by atoms with Crippen molar-refractivity contribution in [3.05, 3.63) is 107 Å². The monoisotopic (exact) mass is 493 g/mol. The summed E-state index contributed by atoms with van der Waals surface area (Å²) in [6.45, 7) is 4.97. The van der Waals surface area contributed by atoms with Gasteiger partial charge in [0.05, 0.1) is 12.7 Å². The molecule has 188 valence electrons. The molecule has 0 aliphatic carbocycles. The fourth-order valence-electron chi connectivity index (χ4n) is 5.13. The number of nitrogens with one attached hydrogen (secondary N) is 1. The van der Waals surface area contributed by atoms with Crippen LogP contribution in [0.4, 0.5) is 5.69 Å². The summed E-state index contributed by atoms with van der Waals surface area (Å²) < 4.78 is 4.72. The van der Waals surface area contributed by atoms with Crippen molar-refractivity contribution < 1.29 is 14.3 Å². The summed E-state index contributed by atoms with van der Waals surface area (Å²) in [6.07, 6.45) is 6.06. The Balaban J connectivity index is 1.21. The van der Waals surface area contributed by atoms with Crippen molar-refractivity contribution in [3.63, 3.8) is 0 Å². The van der Waals surface area contributed by atoms with Crippen LogP contribution < -0.4 is 5.32 Å². The van der Waals surface area contributed by atoms with Gasteiger partial charge in [0.1, 0.15) is 0 Å². The number of methoxy groups -OCH3 is 1. The molecule has 37 heavy (non-hydrogen) atoms. The van der Waals surface area contributed by atoms with Gasteiger partial charge in [0.2, 0.25) is 0 Å². The lowest BCUT2D eigenvalue weighted by Crippen LogP contribution is -2.21. The maximum Gasteiger partial charge on any atom is 0.337 e. The van der Waals surface area contributed by atoms with Gasteiger partial charge >= 0.3 is 5.97 Å². The molecule has 2 heterocycles. The zero-order valence-electron chi connectivity index (χ0n) is 21.2. The lowest BCUT2D eigenvalue weighted by Gasteiger charge is -2.18. The quantitative estimate of drug-likeness (QED) is 0.337. The number of esters is 1. The molecular weight excluding hydrogens is 462 g/mol. The standard InChI is InChI=1S/C31H31N3O3/c1-21-6-7-22(17-29(21)33-30(35)24-8-10-25(11-9-24)31(36)37-2)19-34-15-13-23(20-34)16-26-4-3-5-27-18-32-14-12-28(26)27/h3-12,14,17-18,23H,13,15-16,19-20H2,1-2H3,(H,33,35). The number of anilines is 1. The van der Waals surface area contributed by atoms with Gasteiger partial charge in [0.25, 0.3) is 5.91 Å². The largest absolute Gasteiger partial charge is 0.465 e. The predicted molar refractivity (Wildman–Crippen MR) is 146 cm³/mol. The van der Waals surface area contributed by atoms with Crippen LogP contribution in [0.1, 0.15) is 43.8 Å². The molecule has 3 aromatic carbocycles. The van der Waals surface area contributed by atoms with E-state index >= 15 is 0 Å². The van der Waals surface area contributed by atoms with Crippen LogP contribution in [0.15, 0.2) is 79.1 Å².